The van der Waals surface area contributed by atoms with E-state index in [0.29, 0.717) is 13.0 Å². The SMILES string of the molecule is CN(CC#Cc1ccc(F)cc1)C1C[C@@H]2CC[C@H]1[C@@H](C(=O)O)N2C(=O)N1c2ccccc2C=Cc2ccccc21.S.S. The summed E-state index contributed by atoms with van der Waals surface area (Å²) in [5.74, 6) is 4.71. The van der Waals surface area contributed by atoms with Gasteiger partial charge in [0, 0.05) is 23.6 Å². The quantitative estimate of drug-likeness (QED) is 0.369. The summed E-state index contributed by atoms with van der Waals surface area (Å²) in [5.41, 5.74) is 4.01. The largest absolute Gasteiger partial charge is 0.480 e. The van der Waals surface area contributed by atoms with Gasteiger partial charge in [-0.25, -0.2) is 14.0 Å². The maximum Gasteiger partial charge on any atom is 0.330 e. The Morgan fingerprint density at radius 3 is 2.12 bits per heavy atom. The number of urea groups is 1. The maximum absolute atomic E-state index is 14.5. The predicted octanol–water partition coefficient (Wildman–Crippen LogP) is 6.08. The Morgan fingerprint density at radius 1 is 0.929 bits per heavy atom. The number of fused-ring (bicyclic) bond motifs is 5. The minimum Gasteiger partial charge on any atom is -0.480 e. The predicted molar refractivity (Wildman–Crippen MR) is 174 cm³/mol. The Kier molecular flexibility index (Phi) is 9.72. The Balaban J connectivity index is 0.00000202. The maximum atomic E-state index is 14.5. The van der Waals surface area contributed by atoms with Crippen LogP contribution in [0.4, 0.5) is 20.6 Å². The molecule has 1 saturated carbocycles. The topological polar surface area (TPSA) is 64.1 Å². The van der Waals surface area contributed by atoms with Crippen LogP contribution in [0.15, 0.2) is 72.8 Å². The van der Waals surface area contributed by atoms with E-state index in [9.17, 15) is 19.1 Å². The number of halogens is 1. The van der Waals surface area contributed by atoms with Crippen LogP contribution in [0.5, 0.6) is 0 Å². The van der Waals surface area contributed by atoms with Crippen LogP contribution in [0.25, 0.3) is 12.2 Å². The molecule has 0 spiro atoms. The van der Waals surface area contributed by atoms with E-state index in [1.54, 1.807) is 21.9 Å². The van der Waals surface area contributed by atoms with E-state index in [1.807, 2.05) is 67.7 Å². The molecule has 2 bridgehead atoms. The first-order valence-corrected chi connectivity index (χ1v) is 13.6. The van der Waals surface area contributed by atoms with Crippen LogP contribution < -0.4 is 4.90 Å². The van der Waals surface area contributed by atoms with Crippen molar-refractivity contribution in [3.63, 3.8) is 0 Å². The molecule has 9 heteroatoms. The molecule has 3 heterocycles. The third-order valence-corrected chi connectivity index (χ3v) is 8.37. The molecule has 1 unspecified atom stereocenters. The molecule has 2 amide bonds. The molecule has 4 aliphatic rings. The second-order valence-corrected chi connectivity index (χ2v) is 10.7. The van der Waals surface area contributed by atoms with Crippen molar-refractivity contribution in [3.05, 3.63) is 95.3 Å². The highest BCUT2D eigenvalue weighted by Crippen LogP contribution is 2.45. The third-order valence-electron chi connectivity index (χ3n) is 8.37. The normalized spacial score (nSPS) is 21.6. The molecule has 3 aromatic carbocycles. The van der Waals surface area contributed by atoms with Crippen LogP contribution in [0.2, 0.25) is 0 Å². The summed E-state index contributed by atoms with van der Waals surface area (Å²) in [6.07, 6.45) is 6.18. The lowest BCUT2D eigenvalue weighted by atomic mass is 9.70. The number of hydrogen-bond acceptors (Lipinski definition) is 3. The van der Waals surface area contributed by atoms with Gasteiger partial charge >= 0.3 is 12.0 Å². The molecule has 4 atom stereocenters. The molecule has 0 radical (unpaired) electrons. The van der Waals surface area contributed by atoms with E-state index in [2.05, 4.69) is 16.7 Å². The number of anilines is 2. The first-order chi connectivity index (χ1) is 19.4. The number of para-hydroxylation sites is 2. The van der Waals surface area contributed by atoms with E-state index in [-0.39, 0.29) is 56.8 Å². The molecule has 42 heavy (non-hydrogen) atoms. The Bertz CT molecular complexity index is 1500. The van der Waals surface area contributed by atoms with Gasteiger partial charge in [-0.2, -0.15) is 27.0 Å². The molecule has 1 aliphatic carbocycles. The highest BCUT2D eigenvalue weighted by molar-refractivity contribution is 7.59. The van der Waals surface area contributed by atoms with Gasteiger partial charge < -0.3 is 10.0 Å². The summed E-state index contributed by atoms with van der Waals surface area (Å²) < 4.78 is 13.2. The van der Waals surface area contributed by atoms with Crippen LogP contribution in [0.1, 0.15) is 36.0 Å². The summed E-state index contributed by atoms with van der Waals surface area (Å²) in [4.78, 5) is 32.7. The van der Waals surface area contributed by atoms with Gasteiger partial charge in [-0.3, -0.25) is 9.80 Å². The number of carboxylic acids is 1. The second-order valence-electron chi connectivity index (χ2n) is 10.7. The number of rotatable bonds is 3. The number of amides is 2. The standard InChI is InChI=1S/C33H30FN3O3.2H2S/c1-35(20-6-7-22-12-16-25(34)17-13-22)30-21-26-18-19-27(30)31(32(38)39)36(26)33(40)37-28-10-4-2-8-23(28)14-15-24-9-3-5-11-29(24)37;;/h2-5,8-17,26-27,30-31H,18-21H2,1H3,(H,38,39);2*1H2/t26-,27+,30?,31-;;/m0../s1. The van der Waals surface area contributed by atoms with Gasteiger partial charge in [0.1, 0.15) is 11.9 Å². The van der Waals surface area contributed by atoms with E-state index in [0.717, 1.165) is 40.9 Å². The van der Waals surface area contributed by atoms with E-state index >= 15 is 0 Å². The van der Waals surface area contributed by atoms with Gasteiger partial charge in [-0.05, 0) is 73.8 Å². The highest BCUT2D eigenvalue weighted by atomic mass is 32.1. The Morgan fingerprint density at radius 2 is 1.52 bits per heavy atom. The molecule has 1 N–H and O–H groups in total. The summed E-state index contributed by atoms with van der Waals surface area (Å²) in [7, 11) is 1.96. The molecule has 6 nitrogen and oxygen atoms in total. The number of aliphatic carboxylic acids is 1. The number of carbonyl (C=O) groups excluding carboxylic acids is 1. The minimum absolute atomic E-state index is 0. The fourth-order valence-electron chi connectivity index (χ4n) is 6.50. The summed E-state index contributed by atoms with van der Waals surface area (Å²) >= 11 is 0. The molecule has 7 rings (SSSR count). The third kappa shape index (κ3) is 5.80. The minimum atomic E-state index is -0.979. The van der Waals surface area contributed by atoms with Crippen LogP contribution in [-0.4, -0.2) is 58.6 Å². The van der Waals surface area contributed by atoms with Gasteiger partial charge in [0.15, 0.2) is 0 Å². The van der Waals surface area contributed by atoms with Crippen molar-refractivity contribution in [2.45, 2.75) is 37.4 Å². The zero-order valence-electron chi connectivity index (χ0n) is 23.2. The van der Waals surface area contributed by atoms with E-state index in [1.165, 1.54) is 12.1 Å². The number of benzene rings is 3. The zero-order chi connectivity index (χ0) is 27.8. The monoisotopic (exact) mass is 603 g/mol. The fraction of sp³-hybridized carbons (Fsp3) is 0.273. The lowest BCUT2D eigenvalue weighted by Crippen LogP contribution is -2.68. The van der Waals surface area contributed by atoms with E-state index < -0.39 is 12.0 Å². The van der Waals surface area contributed by atoms with Crippen molar-refractivity contribution >= 4 is 62.5 Å². The highest BCUT2D eigenvalue weighted by Gasteiger charge is 2.54. The lowest BCUT2D eigenvalue weighted by Gasteiger charge is -2.55. The zero-order valence-corrected chi connectivity index (χ0v) is 25.2. The van der Waals surface area contributed by atoms with E-state index in [4.69, 9.17) is 0 Å². The van der Waals surface area contributed by atoms with Crippen LogP contribution in [-0.2, 0) is 4.79 Å². The van der Waals surface area contributed by atoms with Crippen molar-refractivity contribution in [3.8, 4) is 11.8 Å². The van der Waals surface area contributed by atoms with Crippen LogP contribution >= 0.6 is 27.0 Å². The lowest BCUT2D eigenvalue weighted by molar-refractivity contribution is -0.152. The summed E-state index contributed by atoms with van der Waals surface area (Å²) in [6, 6.07) is 20.0. The Labute approximate surface area is 259 Å². The first kappa shape index (κ1) is 31.2. The van der Waals surface area contributed by atoms with Gasteiger partial charge in [0.05, 0.1) is 17.9 Å². The number of carbonyl (C=O) groups is 2. The van der Waals surface area contributed by atoms with Gasteiger partial charge in [-0.15, -0.1) is 0 Å². The van der Waals surface area contributed by atoms with Crippen molar-refractivity contribution in [2.75, 3.05) is 18.5 Å². The van der Waals surface area contributed by atoms with Gasteiger partial charge in [0.25, 0.3) is 0 Å². The van der Waals surface area contributed by atoms with Crippen LogP contribution in [0, 0.1) is 23.6 Å². The molecular formula is C33H34FN3O3S2. The fourth-order valence-corrected chi connectivity index (χ4v) is 6.50. The molecule has 0 aromatic heterocycles. The van der Waals surface area contributed by atoms with Gasteiger partial charge in [0.2, 0.25) is 0 Å². The molecule has 3 aromatic rings. The van der Waals surface area contributed by atoms with Crippen molar-refractivity contribution in [1.82, 2.24) is 9.80 Å². The van der Waals surface area contributed by atoms with Crippen molar-refractivity contribution in [2.24, 2.45) is 5.92 Å². The number of hydrogen-bond donors (Lipinski definition) is 1. The summed E-state index contributed by atoms with van der Waals surface area (Å²) in [5, 5.41) is 10.5. The summed E-state index contributed by atoms with van der Waals surface area (Å²) in [6.45, 7) is 0.449. The van der Waals surface area contributed by atoms with Crippen LogP contribution in [0.3, 0.4) is 0 Å². The number of carboxylic acid groups (broad SMARTS) is 1. The van der Waals surface area contributed by atoms with Crippen molar-refractivity contribution in [1.29, 1.82) is 0 Å². The number of piperidine rings is 2. The smallest absolute Gasteiger partial charge is 0.330 e. The Hall–Kier alpha value is -3.71. The van der Waals surface area contributed by atoms with Gasteiger partial charge in [-0.1, -0.05) is 60.4 Å². The average Bonchev–Trinajstić information content (AvgIpc) is 3.14. The van der Waals surface area contributed by atoms with Crippen molar-refractivity contribution < 1.29 is 19.1 Å². The molecule has 2 saturated heterocycles. The average molecular weight is 604 g/mol. The number of nitrogens with zero attached hydrogens (tertiary/aromatic N) is 3. The second kappa shape index (κ2) is 13.1. The first-order valence-electron chi connectivity index (χ1n) is 13.6. The molecule has 3 aliphatic heterocycles. The molecule has 218 valence electrons. The molecule has 3 fully saturated rings. The molecular weight excluding hydrogens is 570 g/mol.